The highest BCUT2D eigenvalue weighted by atomic mass is 79.9. The van der Waals surface area contributed by atoms with E-state index in [1.807, 2.05) is 42.5 Å². The highest BCUT2D eigenvalue weighted by Crippen LogP contribution is 2.34. The first-order valence-corrected chi connectivity index (χ1v) is 9.98. The summed E-state index contributed by atoms with van der Waals surface area (Å²) in [7, 11) is 0. The zero-order chi connectivity index (χ0) is 19.9. The average molecular weight is 442 g/mol. The molecule has 0 spiro atoms. The van der Waals surface area contributed by atoms with Crippen LogP contribution in [0.3, 0.4) is 0 Å². The van der Waals surface area contributed by atoms with E-state index in [2.05, 4.69) is 21.2 Å². The largest absolute Gasteiger partial charge is 0.325 e. The fourth-order valence-electron chi connectivity index (χ4n) is 3.90. The Bertz CT molecular complexity index is 977. The van der Waals surface area contributed by atoms with Crippen molar-refractivity contribution in [3.8, 4) is 0 Å². The molecule has 4 amide bonds. The molecule has 0 aromatic heterocycles. The molecule has 2 aromatic carbocycles. The molecule has 4 rings (SSSR count). The Hall–Kier alpha value is -2.67. The van der Waals surface area contributed by atoms with Crippen LogP contribution in [-0.4, -0.2) is 35.8 Å². The monoisotopic (exact) mass is 441 g/mol. The molecule has 1 saturated heterocycles. The van der Waals surface area contributed by atoms with Crippen molar-refractivity contribution in [3.63, 3.8) is 0 Å². The minimum Gasteiger partial charge on any atom is -0.319 e. The number of carbonyl (C=O) groups is 3. The van der Waals surface area contributed by atoms with Crippen molar-refractivity contribution in [1.82, 2.24) is 10.2 Å². The van der Waals surface area contributed by atoms with Crippen LogP contribution in [0.1, 0.15) is 24.5 Å². The Morgan fingerprint density at radius 1 is 1.14 bits per heavy atom. The van der Waals surface area contributed by atoms with Crippen molar-refractivity contribution in [2.24, 2.45) is 0 Å². The molecule has 1 fully saturated rings. The van der Waals surface area contributed by atoms with Gasteiger partial charge in [0.05, 0.1) is 0 Å². The summed E-state index contributed by atoms with van der Waals surface area (Å²) >= 11 is 3.44. The highest BCUT2D eigenvalue weighted by molar-refractivity contribution is 9.10. The van der Waals surface area contributed by atoms with Gasteiger partial charge in [-0.1, -0.05) is 52.3 Å². The number of aryl methyl sites for hydroxylation is 1. The third-order valence-corrected chi connectivity index (χ3v) is 6.08. The number of imide groups is 1. The number of para-hydroxylation sites is 1. The quantitative estimate of drug-likeness (QED) is 0.743. The lowest BCUT2D eigenvalue weighted by atomic mass is 9.92. The summed E-state index contributed by atoms with van der Waals surface area (Å²) in [6.07, 6.45) is 1.78. The first-order chi connectivity index (χ1) is 13.4. The van der Waals surface area contributed by atoms with Crippen molar-refractivity contribution in [3.05, 3.63) is 64.1 Å². The molecule has 0 saturated carbocycles. The van der Waals surface area contributed by atoms with E-state index in [0.717, 1.165) is 33.5 Å². The minimum atomic E-state index is -1.21. The van der Waals surface area contributed by atoms with Crippen molar-refractivity contribution < 1.29 is 14.4 Å². The molecule has 7 heteroatoms. The summed E-state index contributed by atoms with van der Waals surface area (Å²) in [5, 5.41) is 2.75. The normalized spacial score (nSPS) is 21.5. The maximum absolute atomic E-state index is 13.1. The van der Waals surface area contributed by atoms with Crippen LogP contribution in [0, 0.1) is 0 Å². The molecule has 6 nitrogen and oxygen atoms in total. The van der Waals surface area contributed by atoms with E-state index in [1.165, 1.54) is 0 Å². The summed E-state index contributed by atoms with van der Waals surface area (Å²) in [6.45, 7) is 1.97. The van der Waals surface area contributed by atoms with Gasteiger partial charge in [-0.2, -0.15) is 0 Å². The summed E-state index contributed by atoms with van der Waals surface area (Å²) in [5.74, 6) is -0.685. The topological polar surface area (TPSA) is 69.7 Å². The van der Waals surface area contributed by atoms with Gasteiger partial charge < -0.3 is 10.2 Å². The molecule has 144 valence electrons. The van der Waals surface area contributed by atoms with Crippen LogP contribution in [0.2, 0.25) is 0 Å². The summed E-state index contributed by atoms with van der Waals surface area (Å²) in [6, 6.07) is 14.5. The predicted molar refractivity (Wildman–Crippen MR) is 109 cm³/mol. The molecule has 1 N–H and O–H groups in total. The van der Waals surface area contributed by atoms with Crippen molar-refractivity contribution >= 4 is 39.5 Å². The molecule has 2 aromatic rings. The molecule has 0 bridgehead atoms. The maximum atomic E-state index is 13.1. The van der Waals surface area contributed by atoms with E-state index in [1.54, 1.807) is 17.9 Å². The molecule has 1 atom stereocenters. The van der Waals surface area contributed by atoms with Gasteiger partial charge in [0.2, 0.25) is 5.91 Å². The van der Waals surface area contributed by atoms with Crippen LogP contribution < -0.4 is 10.2 Å². The second-order valence-corrected chi connectivity index (χ2v) is 8.06. The van der Waals surface area contributed by atoms with E-state index in [-0.39, 0.29) is 12.5 Å². The molecule has 2 heterocycles. The van der Waals surface area contributed by atoms with E-state index < -0.39 is 17.5 Å². The number of amides is 4. The lowest BCUT2D eigenvalue weighted by molar-refractivity contribution is -0.134. The van der Waals surface area contributed by atoms with Crippen LogP contribution in [0.25, 0.3) is 0 Å². The number of carbonyl (C=O) groups excluding carboxylic acids is 3. The van der Waals surface area contributed by atoms with E-state index in [9.17, 15) is 14.4 Å². The fourth-order valence-corrected chi connectivity index (χ4v) is 4.58. The van der Waals surface area contributed by atoms with E-state index >= 15 is 0 Å². The standard InChI is InChI=1S/C21H20BrN3O3/c1-21(15-9-3-4-10-16(15)22)19(27)25(20(28)23-21)13-18(26)24-12-6-8-14-7-2-5-11-17(14)24/h2-5,7,9-11H,6,8,12-13H2,1H3,(H,23,28)/t21-/m1/s1. The molecule has 0 unspecified atom stereocenters. The number of nitrogens with zero attached hydrogens (tertiary/aromatic N) is 2. The number of anilines is 1. The van der Waals surface area contributed by atoms with E-state index in [0.29, 0.717) is 12.1 Å². The molecule has 28 heavy (non-hydrogen) atoms. The van der Waals surface area contributed by atoms with Crippen LogP contribution in [0.4, 0.5) is 10.5 Å². The molecule has 0 aliphatic carbocycles. The number of nitrogens with one attached hydrogen (secondary N) is 1. The third-order valence-electron chi connectivity index (χ3n) is 5.39. The van der Waals surface area contributed by atoms with Crippen LogP contribution in [0.15, 0.2) is 53.0 Å². The predicted octanol–water partition coefficient (Wildman–Crippen LogP) is 3.20. The number of urea groups is 1. The smallest absolute Gasteiger partial charge is 0.319 e. The van der Waals surface area contributed by atoms with Gasteiger partial charge in [-0.25, -0.2) is 4.79 Å². The Morgan fingerprint density at radius 2 is 1.86 bits per heavy atom. The zero-order valence-electron chi connectivity index (χ0n) is 15.4. The van der Waals surface area contributed by atoms with Gasteiger partial charge in [0.25, 0.3) is 5.91 Å². The lowest BCUT2D eigenvalue weighted by Gasteiger charge is -2.30. The van der Waals surface area contributed by atoms with Gasteiger partial charge >= 0.3 is 6.03 Å². The van der Waals surface area contributed by atoms with E-state index in [4.69, 9.17) is 0 Å². The van der Waals surface area contributed by atoms with Crippen molar-refractivity contribution in [2.45, 2.75) is 25.3 Å². The first-order valence-electron chi connectivity index (χ1n) is 9.19. The van der Waals surface area contributed by atoms with Crippen LogP contribution >= 0.6 is 15.9 Å². The fraction of sp³-hybridized carbons (Fsp3) is 0.286. The van der Waals surface area contributed by atoms with Gasteiger partial charge in [0.15, 0.2) is 0 Å². The number of hydrogen-bond donors (Lipinski definition) is 1. The molecule has 0 radical (unpaired) electrons. The Labute approximate surface area is 171 Å². The summed E-state index contributed by atoms with van der Waals surface area (Å²) in [4.78, 5) is 41.3. The van der Waals surface area contributed by atoms with Gasteiger partial charge in [-0.3, -0.25) is 14.5 Å². The number of hydrogen-bond acceptors (Lipinski definition) is 3. The zero-order valence-corrected chi connectivity index (χ0v) is 17.0. The van der Waals surface area contributed by atoms with Gasteiger partial charge in [0.1, 0.15) is 12.1 Å². The lowest BCUT2D eigenvalue weighted by Crippen LogP contribution is -2.46. The second-order valence-electron chi connectivity index (χ2n) is 7.20. The number of benzene rings is 2. The molecule has 2 aliphatic heterocycles. The Balaban J connectivity index is 1.58. The molecular weight excluding hydrogens is 422 g/mol. The van der Waals surface area contributed by atoms with Gasteiger partial charge in [-0.15, -0.1) is 0 Å². The summed E-state index contributed by atoms with van der Waals surface area (Å²) < 4.78 is 0.726. The highest BCUT2D eigenvalue weighted by Gasteiger charge is 2.50. The molecule has 2 aliphatic rings. The first kappa shape index (κ1) is 18.7. The number of fused-ring (bicyclic) bond motifs is 1. The van der Waals surface area contributed by atoms with Crippen LogP contribution in [0.5, 0.6) is 0 Å². The number of halogens is 1. The van der Waals surface area contributed by atoms with Crippen LogP contribution in [-0.2, 0) is 21.5 Å². The van der Waals surface area contributed by atoms with Gasteiger partial charge in [-0.05, 0) is 37.5 Å². The van der Waals surface area contributed by atoms with Crippen molar-refractivity contribution in [1.29, 1.82) is 0 Å². The average Bonchev–Trinajstić information content (AvgIpc) is 2.91. The Morgan fingerprint density at radius 3 is 2.64 bits per heavy atom. The summed E-state index contributed by atoms with van der Waals surface area (Å²) in [5.41, 5.74) is 1.42. The number of rotatable bonds is 3. The van der Waals surface area contributed by atoms with Crippen molar-refractivity contribution in [2.75, 3.05) is 18.0 Å². The Kier molecular flexibility index (Phi) is 4.71. The second kappa shape index (κ2) is 7.05. The maximum Gasteiger partial charge on any atom is 0.325 e. The molecular formula is C21H20BrN3O3. The van der Waals surface area contributed by atoms with Gasteiger partial charge in [0, 0.05) is 22.3 Å². The third kappa shape index (κ3) is 2.99. The SMILES string of the molecule is C[C@]1(c2ccccc2Br)NC(=O)N(CC(=O)N2CCCc3ccccc32)C1=O. The minimum absolute atomic E-state index is 0.257.